The molecule has 0 unspecified atom stereocenters. The second-order valence-corrected chi connectivity index (χ2v) is 4.66. The Bertz CT molecular complexity index is 590. The minimum Gasteiger partial charge on any atom is -0.478 e. The van der Waals surface area contributed by atoms with E-state index in [2.05, 4.69) is 5.32 Å². The highest BCUT2D eigenvalue weighted by molar-refractivity contribution is 7.12. The van der Waals surface area contributed by atoms with Crippen LogP contribution in [-0.4, -0.2) is 17.0 Å². The Labute approximate surface area is 108 Å². The minimum absolute atomic E-state index is 0.193. The van der Waals surface area contributed by atoms with Crippen molar-refractivity contribution in [2.24, 2.45) is 0 Å². The highest BCUT2D eigenvalue weighted by atomic mass is 32.1. The first-order chi connectivity index (χ1) is 8.59. The fraction of sp³-hybridized carbons (Fsp3) is 0.0769. The third-order valence-corrected chi connectivity index (χ3v) is 3.43. The molecule has 0 aliphatic rings. The first-order valence-corrected chi connectivity index (χ1v) is 6.15. The van der Waals surface area contributed by atoms with Gasteiger partial charge in [0.05, 0.1) is 10.4 Å². The molecule has 18 heavy (non-hydrogen) atoms. The Morgan fingerprint density at radius 3 is 2.61 bits per heavy atom. The van der Waals surface area contributed by atoms with Crippen molar-refractivity contribution < 1.29 is 14.7 Å². The van der Waals surface area contributed by atoms with Crippen LogP contribution < -0.4 is 5.32 Å². The van der Waals surface area contributed by atoms with E-state index in [9.17, 15) is 9.59 Å². The number of carboxylic acid groups (broad SMARTS) is 1. The van der Waals surface area contributed by atoms with Gasteiger partial charge in [-0.25, -0.2) is 4.79 Å². The van der Waals surface area contributed by atoms with Crippen LogP contribution in [0, 0.1) is 6.92 Å². The maximum absolute atomic E-state index is 11.9. The maximum atomic E-state index is 11.9. The van der Waals surface area contributed by atoms with Crippen molar-refractivity contribution in [1.82, 2.24) is 0 Å². The number of nitrogens with one attached hydrogen (secondary N) is 1. The van der Waals surface area contributed by atoms with Gasteiger partial charge in [0.1, 0.15) is 0 Å². The average Bonchev–Trinajstić information content (AvgIpc) is 2.85. The summed E-state index contributed by atoms with van der Waals surface area (Å²) >= 11 is 1.34. The smallest absolute Gasteiger partial charge is 0.336 e. The van der Waals surface area contributed by atoms with Crippen LogP contribution in [0.4, 0.5) is 5.69 Å². The van der Waals surface area contributed by atoms with Crippen LogP contribution in [0.1, 0.15) is 25.6 Å². The first-order valence-electron chi connectivity index (χ1n) is 5.27. The van der Waals surface area contributed by atoms with E-state index in [-0.39, 0.29) is 11.5 Å². The van der Waals surface area contributed by atoms with E-state index in [1.54, 1.807) is 31.2 Å². The summed E-state index contributed by atoms with van der Waals surface area (Å²) in [6.07, 6.45) is 0. The van der Waals surface area contributed by atoms with E-state index < -0.39 is 5.97 Å². The van der Waals surface area contributed by atoms with Gasteiger partial charge in [-0.15, -0.1) is 11.3 Å². The van der Waals surface area contributed by atoms with Gasteiger partial charge in [-0.2, -0.15) is 0 Å². The van der Waals surface area contributed by atoms with Crippen LogP contribution in [0.25, 0.3) is 0 Å². The second-order valence-electron chi connectivity index (χ2n) is 3.71. The molecule has 1 aromatic heterocycles. The number of benzene rings is 1. The van der Waals surface area contributed by atoms with Crippen LogP contribution in [0.2, 0.25) is 0 Å². The molecule has 4 nitrogen and oxygen atoms in total. The molecule has 0 radical (unpaired) electrons. The molecule has 5 heteroatoms. The molecule has 1 heterocycles. The van der Waals surface area contributed by atoms with Crippen LogP contribution in [0.3, 0.4) is 0 Å². The van der Waals surface area contributed by atoms with E-state index in [1.165, 1.54) is 17.4 Å². The van der Waals surface area contributed by atoms with Gasteiger partial charge in [0.15, 0.2) is 0 Å². The molecule has 2 aromatic rings. The molecule has 2 rings (SSSR count). The lowest BCUT2D eigenvalue weighted by Gasteiger charge is -2.09. The number of aromatic carboxylic acids is 1. The topological polar surface area (TPSA) is 66.4 Å². The molecular weight excluding hydrogens is 250 g/mol. The van der Waals surface area contributed by atoms with Crippen LogP contribution in [0.5, 0.6) is 0 Å². The van der Waals surface area contributed by atoms with Gasteiger partial charge >= 0.3 is 5.97 Å². The third kappa shape index (κ3) is 2.41. The molecule has 0 atom stereocenters. The van der Waals surface area contributed by atoms with E-state index in [0.29, 0.717) is 16.1 Å². The van der Waals surface area contributed by atoms with Crippen molar-refractivity contribution in [1.29, 1.82) is 0 Å². The molecule has 0 fully saturated rings. The maximum Gasteiger partial charge on any atom is 0.336 e. The predicted molar refractivity (Wildman–Crippen MR) is 70.4 cm³/mol. The molecule has 1 aromatic carbocycles. The second kappa shape index (κ2) is 5.01. The summed E-state index contributed by atoms with van der Waals surface area (Å²) in [4.78, 5) is 23.4. The molecule has 0 spiro atoms. The van der Waals surface area contributed by atoms with Gasteiger partial charge in [-0.05, 0) is 36.1 Å². The lowest BCUT2D eigenvalue weighted by atomic mass is 10.1. The van der Waals surface area contributed by atoms with Gasteiger partial charge in [-0.3, -0.25) is 4.79 Å². The SMILES string of the molecule is Cc1c(NC(=O)c2cccs2)cccc1C(=O)O. The zero-order valence-corrected chi connectivity index (χ0v) is 10.5. The average molecular weight is 261 g/mol. The number of amides is 1. The van der Waals surface area contributed by atoms with E-state index in [1.807, 2.05) is 5.38 Å². The molecule has 0 aliphatic heterocycles. The van der Waals surface area contributed by atoms with Gasteiger partial charge in [-0.1, -0.05) is 12.1 Å². The number of thiophene rings is 1. The van der Waals surface area contributed by atoms with Crippen molar-refractivity contribution in [3.63, 3.8) is 0 Å². The van der Waals surface area contributed by atoms with Crippen molar-refractivity contribution in [2.75, 3.05) is 5.32 Å². The number of rotatable bonds is 3. The molecule has 0 saturated heterocycles. The summed E-state index contributed by atoms with van der Waals surface area (Å²) in [5.74, 6) is -1.23. The summed E-state index contributed by atoms with van der Waals surface area (Å²) in [6, 6.07) is 8.32. The number of hydrogen-bond acceptors (Lipinski definition) is 3. The Morgan fingerprint density at radius 1 is 1.22 bits per heavy atom. The zero-order valence-electron chi connectivity index (χ0n) is 9.64. The molecule has 0 bridgehead atoms. The normalized spacial score (nSPS) is 10.1. The number of carboxylic acids is 1. The van der Waals surface area contributed by atoms with E-state index in [0.717, 1.165) is 0 Å². The van der Waals surface area contributed by atoms with Crippen LogP contribution in [0.15, 0.2) is 35.7 Å². The Balaban J connectivity index is 2.27. The number of hydrogen-bond donors (Lipinski definition) is 2. The van der Waals surface area contributed by atoms with Gasteiger partial charge < -0.3 is 10.4 Å². The standard InChI is InChI=1S/C13H11NO3S/c1-8-9(13(16)17)4-2-5-10(8)14-12(15)11-6-3-7-18-11/h2-7H,1H3,(H,14,15)(H,16,17). The monoisotopic (exact) mass is 261 g/mol. The summed E-state index contributed by atoms with van der Waals surface area (Å²) in [5, 5.41) is 13.5. The number of carbonyl (C=O) groups excluding carboxylic acids is 1. The van der Waals surface area contributed by atoms with Crippen molar-refractivity contribution in [3.8, 4) is 0 Å². The number of anilines is 1. The summed E-state index contributed by atoms with van der Waals surface area (Å²) < 4.78 is 0. The molecular formula is C13H11NO3S. The first kappa shape index (κ1) is 12.3. The van der Waals surface area contributed by atoms with Gasteiger partial charge in [0, 0.05) is 5.69 Å². The molecule has 2 N–H and O–H groups in total. The highest BCUT2D eigenvalue weighted by Crippen LogP contribution is 2.20. The summed E-state index contributed by atoms with van der Waals surface area (Å²) in [7, 11) is 0. The van der Waals surface area contributed by atoms with Crippen LogP contribution in [-0.2, 0) is 0 Å². The molecule has 0 saturated carbocycles. The van der Waals surface area contributed by atoms with E-state index in [4.69, 9.17) is 5.11 Å². The fourth-order valence-corrected chi connectivity index (χ4v) is 2.21. The molecule has 0 aliphatic carbocycles. The van der Waals surface area contributed by atoms with Crippen molar-refractivity contribution in [3.05, 3.63) is 51.7 Å². The summed E-state index contributed by atoms with van der Waals surface area (Å²) in [5.41, 5.74) is 1.27. The van der Waals surface area contributed by atoms with Crippen molar-refractivity contribution >= 4 is 28.9 Å². The highest BCUT2D eigenvalue weighted by Gasteiger charge is 2.13. The van der Waals surface area contributed by atoms with E-state index >= 15 is 0 Å². The molecule has 92 valence electrons. The number of carbonyl (C=O) groups is 2. The van der Waals surface area contributed by atoms with Crippen LogP contribution >= 0.6 is 11.3 Å². The fourth-order valence-electron chi connectivity index (χ4n) is 1.59. The minimum atomic E-state index is -1.00. The lowest BCUT2D eigenvalue weighted by Crippen LogP contribution is -2.12. The lowest BCUT2D eigenvalue weighted by molar-refractivity contribution is 0.0695. The zero-order chi connectivity index (χ0) is 13.1. The quantitative estimate of drug-likeness (QED) is 0.892. The molecule has 1 amide bonds. The Kier molecular flexibility index (Phi) is 3.43. The Morgan fingerprint density at radius 2 is 2.00 bits per heavy atom. The largest absolute Gasteiger partial charge is 0.478 e. The predicted octanol–water partition coefficient (Wildman–Crippen LogP) is 3.01. The van der Waals surface area contributed by atoms with Crippen molar-refractivity contribution in [2.45, 2.75) is 6.92 Å². The summed E-state index contributed by atoms with van der Waals surface area (Å²) in [6.45, 7) is 1.67. The van der Waals surface area contributed by atoms with Gasteiger partial charge in [0.25, 0.3) is 5.91 Å². The third-order valence-electron chi connectivity index (χ3n) is 2.56. The van der Waals surface area contributed by atoms with Gasteiger partial charge in [0.2, 0.25) is 0 Å². The Hall–Kier alpha value is -2.14.